The van der Waals surface area contributed by atoms with Crippen LogP contribution in [-0.2, 0) is 11.8 Å². The van der Waals surface area contributed by atoms with Crippen LogP contribution in [0.25, 0.3) is 0 Å². The number of nitrogens with one attached hydrogen (secondary N) is 1. The van der Waals surface area contributed by atoms with Crippen molar-refractivity contribution in [3.8, 4) is 0 Å². The molecule has 5 heteroatoms. The number of nitrogens with zero attached hydrogens (tertiary/aromatic N) is 1. The fourth-order valence-corrected chi connectivity index (χ4v) is 1.99. The molecule has 1 heterocycles. The summed E-state index contributed by atoms with van der Waals surface area (Å²) in [5, 5.41) is 2.81. The van der Waals surface area contributed by atoms with E-state index in [0.29, 0.717) is 22.5 Å². The minimum absolute atomic E-state index is 0.220. The lowest BCUT2D eigenvalue weighted by molar-refractivity contribution is 0.0599. The quantitative estimate of drug-likeness (QED) is 0.873. The number of esters is 1. The SMILES string of the molecule is COC(=O)c1cccc(NC(=O)c2cccn2C)c1C. The van der Waals surface area contributed by atoms with Crippen LogP contribution in [0.3, 0.4) is 0 Å². The molecular formula is C15H16N2O3. The number of carbonyl (C=O) groups is 2. The van der Waals surface area contributed by atoms with Crippen molar-refractivity contribution < 1.29 is 14.3 Å². The molecule has 0 aliphatic rings. The molecule has 0 aliphatic heterocycles. The van der Waals surface area contributed by atoms with E-state index in [0.717, 1.165) is 0 Å². The van der Waals surface area contributed by atoms with E-state index < -0.39 is 5.97 Å². The van der Waals surface area contributed by atoms with Crippen molar-refractivity contribution in [2.24, 2.45) is 7.05 Å². The Kier molecular flexibility index (Phi) is 3.89. The second-order valence-corrected chi connectivity index (χ2v) is 4.43. The van der Waals surface area contributed by atoms with Gasteiger partial charge in [0.2, 0.25) is 0 Å². The molecule has 104 valence electrons. The lowest BCUT2D eigenvalue weighted by Gasteiger charge is -2.11. The molecule has 5 nitrogen and oxygen atoms in total. The number of amides is 1. The van der Waals surface area contributed by atoms with E-state index in [1.807, 2.05) is 0 Å². The Morgan fingerprint density at radius 1 is 1.20 bits per heavy atom. The third-order valence-electron chi connectivity index (χ3n) is 3.16. The second-order valence-electron chi connectivity index (χ2n) is 4.43. The molecule has 2 rings (SSSR count). The molecule has 0 bridgehead atoms. The largest absolute Gasteiger partial charge is 0.465 e. The van der Waals surface area contributed by atoms with E-state index >= 15 is 0 Å². The molecule has 0 aliphatic carbocycles. The number of hydrogen-bond donors (Lipinski definition) is 1. The summed E-state index contributed by atoms with van der Waals surface area (Å²) in [4.78, 5) is 23.8. The number of methoxy groups -OCH3 is 1. The summed E-state index contributed by atoms with van der Waals surface area (Å²) in [6.07, 6.45) is 1.80. The molecule has 1 aromatic heterocycles. The van der Waals surface area contributed by atoms with Gasteiger partial charge >= 0.3 is 5.97 Å². The van der Waals surface area contributed by atoms with Crippen LogP contribution in [0, 0.1) is 6.92 Å². The summed E-state index contributed by atoms with van der Waals surface area (Å²) < 4.78 is 6.44. The van der Waals surface area contributed by atoms with E-state index in [2.05, 4.69) is 5.32 Å². The molecule has 20 heavy (non-hydrogen) atoms. The topological polar surface area (TPSA) is 60.3 Å². The third kappa shape index (κ3) is 2.56. The second kappa shape index (κ2) is 5.61. The van der Waals surface area contributed by atoms with Gasteiger partial charge in [-0.05, 0) is 36.8 Å². The third-order valence-corrected chi connectivity index (χ3v) is 3.16. The number of rotatable bonds is 3. The molecule has 1 aromatic carbocycles. The summed E-state index contributed by atoms with van der Waals surface area (Å²) >= 11 is 0. The first-order valence-corrected chi connectivity index (χ1v) is 6.15. The van der Waals surface area contributed by atoms with Crippen molar-refractivity contribution in [1.82, 2.24) is 4.57 Å². The van der Waals surface area contributed by atoms with E-state index in [9.17, 15) is 9.59 Å². The molecule has 0 spiro atoms. The zero-order valence-electron chi connectivity index (χ0n) is 11.6. The van der Waals surface area contributed by atoms with Gasteiger partial charge in [0.15, 0.2) is 0 Å². The minimum Gasteiger partial charge on any atom is -0.465 e. The lowest BCUT2D eigenvalue weighted by atomic mass is 10.1. The van der Waals surface area contributed by atoms with E-state index in [4.69, 9.17) is 4.74 Å². The van der Waals surface area contributed by atoms with Gasteiger partial charge in [-0.25, -0.2) is 4.79 Å². The van der Waals surface area contributed by atoms with E-state index in [-0.39, 0.29) is 5.91 Å². The predicted molar refractivity (Wildman–Crippen MR) is 75.9 cm³/mol. The highest BCUT2D eigenvalue weighted by molar-refractivity contribution is 6.04. The number of carbonyl (C=O) groups excluding carboxylic acids is 2. The fraction of sp³-hybridized carbons (Fsp3) is 0.200. The van der Waals surface area contributed by atoms with Crippen LogP contribution in [-0.4, -0.2) is 23.6 Å². The molecule has 0 radical (unpaired) electrons. The Morgan fingerprint density at radius 2 is 1.95 bits per heavy atom. The van der Waals surface area contributed by atoms with Gasteiger partial charge in [0.25, 0.3) is 5.91 Å². The van der Waals surface area contributed by atoms with Gasteiger partial charge in [-0.2, -0.15) is 0 Å². The normalized spacial score (nSPS) is 10.2. The van der Waals surface area contributed by atoms with Crippen molar-refractivity contribution in [3.05, 3.63) is 53.3 Å². The van der Waals surface area contributed by atoms with Crippen LogP contribution in [0.5, 0.6) is 0 Å². The molecule has 2 aromatic rings. The number of aryl methyl sites for hydroxylation is 1. The maximum Gasteiger partial charge on any atom is 0.338 e. The van der Waals surface area contributed by atoms with E-state index in [1.54, 1.807) is 55.1 Å². The van der Waals surface area contributed by atoms with Gasteiger partial charge < -0.3 is 14.6 Å². The molecule has 0 unspecified atom stereocenters. The van der Waals surface area contributed by atoms with Crippen LogP contribution in [0.1, 0.15) is 26.4 Å². The molecule has 0 fully saturated rings. The molecule has 0 saturated heterocycles. The molecule has 0 saturated carbocycles. The monoisotopic (exact) mass is 272 g/mol. The average molecular weight is 272 g/mol. The zero-order valence-corrected chi connectivity index (χ0v) is 11.6. The van der Waals surface area contributed by atoms with Crippen molar-refractivity contribution in [2.75, 3.05) is 12.4 Å². The average Bonchev–Trinajstić information content (AvgIpc) is 2.86. The maximum atomic E-state index is 12.2. The first kappa shape index (κ1) is 13.9. The first-order valence-electron chi connectivity index (χ1n) is 6.15. The zero-order chi connectivity index (χ0) is 14.7. The molecule has 1 N–H and O–H groups in total. The van der Waals surface area contributed by atoms with Gasteiger partial charge in [-0.1, -0.05) is 6.07 Å². The highest BCUT2D eigenvalue weighted by atomic mass is 16.5. The Morgan fingerprint density at radius 3 is 2.55 bits per heavy atom. The van der Waals surface area contributed by atoms with Gasteiger partial charge in [-0.3, -0.25) is 4.79 Å². The van der Waals surface area contributed by atoms with Crippen LogP contribution in [0.4, 0.5) is 5.69 Å². The lowest BCUT2D eigenvalue weighted by Crippen LogP contribution is -2.17. The Hall–Kier alpha value is -2.56. The summed E-state index contributed by atoms with van der Waals surface area (Å²) in [7, 11) is 3.13. The number of ether oxygens (including phenoxy) is 1. The molecular weight excluding hydrogens is 256 g/mol. The van der Waals surface area contributed by atoms with Crippen molar-refractivity contribution in [1.29, 1.82) is 0 Å². The Balaban J connectivity index is 2.29. The first-order chi connectivity index (χ1) is 9.54. The number of hydrogen-bond acceptors (Lipinski definition) is 3. The summed E-state index contributed by atoms with van der Waals surface area (Å²) in [6.45, 7) is 1.77. The summed E-state index contributed by atoms with van der Waals surface area (Å²) in [5.41, 5.74) is 2.27. The van der Waals surface area contributed by atoms with Crippen molar-refractivity contribution >= 4 is 17.6 Å². The molecule has 0 atom stereocenters. The van der Waals surface area contributed by atoms with Crippen LogP contribution >= 0.6 is 0 Å². The smallest absolute Gasteiger partial charge is 0.338 e. The van der Waals surface area contributed by atoms with Crippen LogP contribution in [0.2, 0.25) is 0 Å². The van der Waals surface area contributed by atoms with Gasteiger partial charge in [0.05, 0.1) is 12.7 Å². The van der Waals surface area contributed by atoms with Gasteiger partial charge in [0, 0.05) is 18.9 Å². The van der Waals surface area contributed by atoms with Gasteiger partial charge in [0.1, 0.15) is 5.69 Å². The maximum absolute atomic E-state index is 12.2. The summed E-state index contributed by atoms with van der Waals surface area (Å²) in [6, 6.07) is 8.66. The van der Waals surface area contributed by atoms with Gasteiger partial charge in [-0.15, -0.1) is 0 Å². The summed E-state index contributed by atoms with van der Waals surface area (Å²) in [5.74, 6) is -0.639. The highest BCUT2D eigenvalue weighted by Crippen LogP contribution is 2.20. The number of anilines is 1. The van der Waals surface area contributed by atoms with E-state index in [1.165, 1.54) is 7.11 Å². The standard InChI is InChI=1S/C15H16N2O3/c1-10-11(15(19)20-3)6-4-7-12(10)16-14(18)13-8-5-9-17(13)2/h4-9H,1-3H3,(H,16,18). The number of benzene rings is 1. The number of aromatic nitrogens is 1. The predicted octanol–water partition coefficient (Wildman–Crippen LogP) is 2.37. The molecule has 1 amide bonds. The Labute approximate surface area is 117 Å². The Bertz CT molecular complexity index is 659. The highest BCUT2D eigenvalue weighted by Gasteiger charge is 2.15. The minimum atomic E-state index is -0.419. The van der Waals surface area contributed by atoms with Crippen LogP contribution < -0.4 is 5.32 Å². The van der Waals surface area contributed by atoms with Crippen molar-refractivity contribution in [3.63, 3.8) is 0 Å². The van der Waals surface area contributed by atoms with Crippen LogP contribution in [0.15, 0.2) is 36.5 Å². The van der Waals surface area contributed by atoms with Crippen molar-refractivity contribution in [2.45, 2.75) is 6.92 Å². The fourth-order valence-electron chi connectivity index (χ4n) is 1.99.